The number of hydrogen-bond acceptors (Lipinski definition) is 0. The van der Waals surface area contributed by atoms with Gasteiger partial charge in [-0.05, 0) is 62.4 Å². The molecule has 4 heteroatoms. The van der Waals surface area contributed by atoms with Crippen LogP contribution in [-0.2, 0) is 21.7 Å². The summed E-state index contributed by atoms with van der Waals surface area (Å²) in [5, 5.41) is 5.31. The largest absolute Gasteiger partial charge is 2.00 e. The monoisotopic (exact) mass is 632 g/mol. The summed E-state index contributed by atoms with van der Waals surface area (Å²) in [6, 6.07) is 41.9. The summed E-state index contributed by atoms with van der Waals surface area (Å²) in [5.41, 5.74) is 3.05. The minimum atomic E-state index is -1.35. The van der Waals surface area contributed by atoms with Crippen LogP contribution in [0.15, 0.2) is 121 Å². The van der Waals surface area contributed by atoms with E-state index >= 15 is 0 Å². The molecule has 0 saturated heterocycles. The maximum atomic E-state index is 4.24. The fraction of sp³-hybridized carbons (Fsp3) is 0.0526. The van der Waals surface area contributed by atoms with Crippen molar-refractivity contribution in [1.29, 1.82) is 0 Å². The normalized spacial score (nSPS) is 15.4. The summed E-state index contributed by atoms with van der Waals surface area (Å²) in [6.45, 7) is 13.3. The van der Waals surface area contributed by atoms with E-state index in [1.807, 2.05) is 24.3 Å². The Bertz CT molecular complexity index is 1060. The molecule has 0 aromatic heterocycles. The molecule has 0 N–H and O–H groups in total. The fourth-order valence-corrected chi connectivity index (χ4v) is 9.59. The van der Waals surface area contributed by atoms with Crippen LogP contribution in [0.1, 0.15) is 0 Å². The van der Waals surface area contributed by atoms with Gasteiger partial charge in [-0.15, -0.1) is 0 Å². The molecule has 0 atom stereocenters. The number of rotatable bonds is 6. The zero-order chi connectivity index (χ0) is 28.9. The second kappa shape index (κ2) is 18.5. The van der Waals surface area contributed by atoms with E-state index < -0.39 is 23.9 Å². The molecule has 6 rings (SSSR count). The van der Waals surface area contributed by atoms with Crippen molar-refractivity contribution in [2.45, 2.75) is 13.1 Å². The summed E-state index contributed by atoms with van der Waals surface area (Å²) in [5.74, 6) is 0. The van der Waals surface area contributed by atoms with Gasteiger partial charge in [0.25, 0.3) is 0 Å². The van der Waals surface area contributed by atoms with E-state index in [2.05, 4.69) is 175 Å². The van der Waals surface area contributed by atoms with E-state index in [9.17, 15) is 0 Å². The van der Waals surface area contributed by atoms with Gasteiger partial charge in [-0.3, -0.25) is 0 Å². The first-order valence-electron chi connectivity index (χ1n) is 13.8. The smallest absolute Gasteiger partial charge is 0.308 e. The standard InChI is InChI=1S/2C13H12P.C12H14Si.Ti/c2*1-14(12-8-4-2-5-9-12)13-10-6-3-7-11-13;1-13(2,11-7-3-4-8-11)12-9-5-6-10-12;/h2*2-11H,1H2;3-10H,1-2H3;/q2*-1;;+2. The first-order valence-corrected chi connectivity index (χ1v) is 19.9. The molecule has 2 fully saturated rings. The SMILES string of the molecule is C[Si](C)([C]1[CH][CH][CH][CH]1)[C]1[CH][CH][CH][CH]1.[CH2-]P(c1ccccc1)c1ccccc1.[CH2-]P(c1ccccc1)c1ccccc1.[Ti+2]. The number of benzene rings is 4. The predicted octanol–water partition coefficient (Wildman–Crippen LogP) is 8.40. The Kier molecular flexibility index (Phi) is 15.5. The third kappa shape index (κ3) is 10.4. The summed E-state index contributed by atoms with van der Waals surface area (Å²) in [4.78, 5) is 0. The van der Waals surface area contributed by atoms with Gasteiger partial charge in [0.15, 0.2) is 0 Å². The van der Waals surface area contributed by atoms with Crippen LogP contribution < -0.4 is 21.2 Å². The Morgan fingerprint density at radius 3 is 0.833 bits per heavy atom. The van der Waals surface area contributed by atoms with Gasteiger partial charge in [-0.25, -0.2) is 15.8 Å². The van der Waals surface area contributed by atoms with E-state index in [0.717, 1.165) is 0 Å². The third-order valence-electron chi connectivity index (χ3n) is 7.04. The molecule has 0 nitrogen and oxygen atoms in total. The van der Waals surface area contributed by atoms with Gasteiger partial charge < -0.3 is 13.3 Å². The average Bonchev–Trinajstić information content (AvgIpc) is 3.79. The van der Waals surface area contributed by atoms with Crippen LogP contribution in [0, 0.1) is 75.8 Å². The topological polar surface area (TPSA) is 0 Å². The second-order valence-electron chi connectivity index (χ2n) is 10.2. The molecule has 4 aromatic rings. The Morgan fingerprint density at radius 1 is 0.405 bits per heavy atom. The van der Waals surface area contributed by atoms with Crippen LogP contribution in [0.25, 0.3) is 0 Å². The summed E-state index contributed by atoms with van der Waals surface area (Å²) >= 11 is 0. The maximum absolute atomic E-state index is 4.24. The molecule has 208 valence electrons. The summed E-state index contributed by atoms with van der Waals surface area (Å²) in [6.07, 6.45) is 17.5. The molecule has 4 aromatic carbocycles. The van der Waals surface area contributed by atoms with E-state index in [-0.39, 0.29) is 21.7 Å². The van der Waals surface area contributed by atoms with E-state index in [4.69, 9.17) is 0 Å². The van der Waals surface area contributed by atoms with Gasteiger partial charge in [0.2, 0.25) is 0 Å². The maximum Gasteiger partial charge on any atom is 2.00 e. The van der Waals surface area contributed by atoms with Crippen LogP contribution in [0.5, 0.6) is 0 Å². The molecule has 0 bridgehead atoms. The molecule has 2 aliphatic rings. The van der Waals surface area contributed by atoms with Gasteiger partial charge in [-0.1, -0.05) is 156 Å². The minimum Gasteiger partial charge on any atom is -0.308 e. The summed E-state index contributed by atoms with van der Waals surface area (Å²) < 4.78 is 0. The predicted molar refractivity (Wildman–Crippen MR) is 187 cm³/mol. The first kappa shape index (κ1) is 35.2. The van der Waals surface area contributed by atoms with Crippen molar-refractivity contribution in [1.82, 2.24) is 0 Å². The Labute approximate surface area is 275 Å². The van der Waals surface area contributed by atoms with Gasteiger partial charge in [0, 0.05) is 0 Å². The molecule has 0 heterocycles. The molecular formula is C38H38P2SiTi. The van der Waals surface area contributed by atoms with E-state index in [1.54, 1.807) is 0 Å². The molecule has 0 aliphatic heterocycles. The van der Waals surface area contributed by atoms with Crippen molar-refractivity contribution < 1.29 is 21.7 Å². The number of hydrogen-bond donors (Lipinski definition) is 0. The van der Waals surface area contributed by atoms with E-state index in [1.165, 1.54) is 32.3 Å². The molecule has 2 aliphatic carbocycles. The van der Waals surface area contributed by atoms with E-state index in [0.29, 0.717) is 0 Å². The Hall–Kier alpha value is -1.33. The molecule has 0 unspecified atom stereocenters. The minimum absolute atomic E-state index is 0. The van der Waals surface area contributed by atoms with Crippen molar-refractivity contribution in [3.8, 4) is 0 Å². The third-order valence-corrected chi connectivity index (χ3v) is 14.3. The van der Waals surface area contributed by atoms with Crippen molar-refractivity contribution in [3.05, 3.63) is 197 Å². The molecule has 0 spiro atoms. The molecule has 10 radical (unpaired) electrons. The summed E-state index contributed by atoms with van der Waals surface area (Å²) in [7, 11) is -2.19. The second-order valence-corrected chi connectivity index (χ2v) is 18.4. The molecule has 42 heavy (non-hydrogen) atoms. The van der Waals surface area contributed by atoms with Gasteiger partial charge in [0.1, 0.15) is 0 Å². The van der Waals surface area contributed by atoms with Crippen molar-refractivity contribution in [2.24, 2.45) is 0 Å². The van der Waals surface area contributed by atoms with Crippen molar-refractivity contribution in [3.63, 3.8) is 0 Å². The zero-order valence-electron chi connectivity index (χ0n) is 24.5. The van der Waals surface area contributed by atoms with Crippen LogP contribution >= 0.6 is 15.8 Å². The molecule has 2 saturated carbocycles. The van der Waals surface area contributed by atoms with Gasteiger partial charge in [-0.2, -0.15) is 0 Å². The van der Waals surface area contributed by atoms with Crippen molar-refractivity contribution >= 4 is 45.1 Å². The van der Waals surface area contributed by atoms with Gasteiger partial charge in [0.05, 0.1) is 8.07 Å². The van der Waals surface area contributed by atoms with Crippen LogP contribution in [-0.4, -0.2) is 8.07 Å². The van der Waals surface area contributed by atoms with Crippen molar-refractivity contribution in [2.75, 3.05) is 0 Å². The van der Waals surface area contributed by atoms with Crippen LogP contribution in [0.2, 0.25) is 13.1 Å². The Balaban J connectivity index is 0.000000171. The quantitative estimate of drug-likeness (QED) is 0.114. The average molecular weight is 633 g/mol. The molecular weight excluding hydrogens is 594 g/mol. The van der Waals surface area contributed by atoms with Gasteiger partial charge >= 0.3 is 21.7 Å². The fourth-order valence-electron chi connectivity index (χ4n) is 4.48. The Morgan fingerprint density at radius 2 is 0.619 bits per heavy atom. The zero-order valence-corrected chi connectivity index (χ0v) is 28.8. The van der Waals surface area contributed by atoms with Crippen LogP contribution in [0.3, 0.4) is 0 Å². The van der Waals surface area contributed by atoms with Crippen LogP contribution in [0.4, 0.5) is 0 Å². The first-order chi connectivity index (χ1) is 20.0. The molecule has 0 amide bonds.